The number of hydrogen-bond acceptors (Lipinski definition) is 3. The number of aliphatic imine (C=N–C) groups is 1. The van der Waals surface area contributed by atoms with Gasteiger partial charge in [-0.25, -0.2) is 18.6 Å². The topological polar surface area (TPSA) is 62.7 Å². The van der Waals surface area contributed by atoms with Crippen molar-refractivity contribution in [3.63, 3.8) is 0 Å². The zero-order valence-corrected chi connectivity index (χ0v) is 18.1. The first-order valence-corrected chi connectivity index (χ1v) is 8.67. The highest BCUT2D eigenvalue weighted by Crippen LogP contribution is 2.10. The molecule has 5 nitrogen and oxygen atoms in total. The fourth-order valence-corrected chi connectivity index (χ4v) is 2.42. The lowest BCUT2D eigenvalue weighted by Gasteiger charge is -2.11. The molecular formula is C20H24F2IN3O2. The van der Waals surface area contributed by atoms with Gasteiger partial charge in [0.25, 0.3) is 0 Å². The van der Waals surface area contributed by atoms with Crippen LogP contribution >= 0.6 is 24.0 Å². The third-order valence-electron chi connectivity index (χ3n) is 3.84. The molecule has 2 aromatic carbocycles. The van der Waals surface area contributed by atoms with Gasteiger partial charge in [-0.15, -0.1) is 24.0 Å². The maximum atomic E-state index is 13.7. The van der Waals surface area contributed by atoms with Crippen LogP contribution in [0.2, 0.25) is 0 Å². The van der Waals surface area contributed by atoms with Crippen LogP contribution in [0.15, 0.2) is 47.5 Å². The summed E-state index contributed by atoms with van der Waals surface area (Å²) >= 11 is 0. The molecule has 152 valence electrons. The number of methoxy groups -OCH3 is 1. The molecule has 0 aliphatic heterocycles. The Morgan fingerprint density at radius 1 is 1.11 bits per heavy atom. The zero-order chi connectivity index (χ0) is 19.6. The fraction of sp³-hybridized carbons (Fsp3) is 0.300. The van der Waals surface area contributed by atoms with Crippen molar-refractivity contribution < 1.29 is 18.3 Å². The first kappa shape index (κ1) is 23.8. The summed E-state index contributed by atoms with van der Waals surface area (Å²) in [5.41, 5.74) is 1.74. The molecule has 0 radical (unpaired) electrons. The van der Waals surface area contributed by atoms with E-state index < -0.39 is 11.6 Å². The molecule has 0 aliphatic rings. The number of nitrogens with one attached hydrogen (secondary N) is 2. The molecule has 0 aromatic heterocycles. The summed E-state index contributed by atoms with van der Waals surface area (Å²) in [6, 6.07) is 10.5. The molecule has 28 heavy (non-hydrogen) atoms. The number of nitrogens with zero attached hydrogens (tertiary/aromatic N) is 1. The zero-order valence-electron chi connectivity index (χ0n) is 15.8. The van der Waals surface area contributed by atoms with E-state index in [9.17, 15) is 13.6 Å². The van der Waals surface area contributed by atoms with Crippen molar-refractivity contribution in [2.24, 2.45) is 4.99 Å². The average molecular weight is 503 g/mol. The van der Waals surface area contributed by atoms with Crippen molar-refractivity contribution in [2.45, 2.75) is 19.9 Å². The number of ether oxygens (including phenoxy) is 1. The standard InChI is InChI=1S/C20H23F2N3O2.HI/c1-3-23-20(25-13-16-12-17(21)8-9-18(16)22)24-11-10-14-4-6-15(7-5-14)19(26)27-2;/h4-9,12H,3,10-11,13H2,1-2H3,(H2,23,24,25);1H. The van der Waals surface area contributed by atoms with Crippen LogP contribution in [-0.2, 0) is 17.7 Å². The second kappa shape index (κ2) is 12.3. The highest BCUT2D eigenvalue weighted by Gasteiger charge is 2.06. The van der Waals surface area contributed by atoms with E-state index in [1.54, 1.807) is 12.1 Å². The smallest absolute Gasteiger partial charge is 0.337 e. The maximum absolute atomic E-state index is 13.7. The minimum atomic E-state index is -0.491. The molecule has 0 fully saturated rings. The Labute approximate surface area is 180 Å². The number of rotatable bonds is 7. The Balaban J connectivity index is 0.00000392. The van der Waals surface area contributed by atoms with Crippen molar-refractivity contribution in [3.05, 3.63) is 70.8 Å². The van der Waals surface area contributed by atoms with Gasteiger partial charge in [-0.1, -0.05) is 12.1 Å². The van der Waals surface area contributed by atoms with Gasteiger partial charge in [0.2, 0.25) is 0 Å². The van der Waals surface area contributed by atoms with Crippen LogP contribution in [0, 0.1) is 11.6 Å². The largest absolute Gasteiger partial charge is 0.465 e. The van der Waals surface area contributed by atoms with Crippen molar-refractivity contribution in [1.29, 1.82) is 0 Å². The molecule has 8 heteroatoms. The molecule has 0 bridgehead atoms. The van der Waals surface area contributed by atoms with E-state index in [2.05, 4.69) is 20.4 Å². The Hall–Kier alpha value is -2.23. The average Bonchev–Trinajstić information content (AvgIpc) is 2.68. The van der Waals surface area contributed by atoms with E-state index in [-0.39, 0.29) is 42.1 Å². The number of carbonyl (C=O) groups is 1. The van der Waals surface area contributed by atoms with Gasteiger partial charge >= 0.3 is 5.97 Å². The van der Waals surface area contributed by atoms with Crippen LogP contribution in [0.25, 0.3) is 0 Å². The molecule has 2 N–H and O–H groups in total. The van der Waals surface area contributed by atoms with E-state index in [0.29, 0.717) is 31.0 Å². The minimum absolute atomic E-state index is 0. The fourth-order valence-electron chi connectivity index (χ4n) is 2.42. The molecule has 0 unspecified atom stereocenters. The molecule has 0 saturated carbocycles. The molecule has 2 aromatic rings. The lowest BCUT2D eigenvalue weighted by molar-refractivity contribution is 0.0600. The van der Waals surface area contributed by atoms with Crippen LogP contribution in [0.5, 0.6) is 0 Å². The third-order valence-corrected chi connectivity index (χ3v) is 3.84. The van der Waals surface area contributed by atoms with Crippen molar-refractivity contribution in [3.8, 4) is 0 Å². The highest BCUT2D eigenvalue weighted by molar-refractivity contribution is 14.0. The molecule has 0 atom stereocenters. The lowest BCUT2D eigenvalue weighted by Crippen LogP contribution is -2.38. The number of hydrogen-bond donors (Lipinski definition) is 2. The number of halogens is 3. The van der Waals surface area contributed by atoms with E-state index in [4.69, 9.17) is 0 Å². The summed E-state index contributed by atoms with van der Waals surface area (Å²) in [4.78, 5) is 15.7. The SMILES string of the molecule is CCNC(=NCc1cc(F)ccc1F)NCCc1ccc(C(=O)OC)cc1.I. The van der Waals surface area contributed by atoms with Crippen LogP contribution in [0.3, 0.4) is 0 Å². The third kappa shape index (κ3) is 7.41. The Kier molecular flexibility index (Phi) is 10.4. The summed E-state index contributed by atoms with van der Waals surface area (Å²) in [5.74, 6) is -0.824. The second-order valence-corrected chi connectivity index (χ2v) is 5.80. The van der Waals surface area contributed by atoms with Gasteiger partial charge in [0.05, 0.1) is 19.2 Å². The molecule has 0 heterocycles. The number of esters is 1. The van der Waals surface area contributed by atoms with Gasteiger partial charge in [0, 0.05) is 18.7 Å². The van der Waals surface area contributed by atoms with Crippen molar-refractivity contribution >= 4 is 35.9 Å². The second-order valence-electron chi connectivity index (χ2n) is 5.80. The Bertz CT molecular complexity index is 799. The van der Waals surface area contributed by atoms with E-state index in [1.165, 1.54) is 7.11 Å². The van der Waals surface area contributed by atoms with E-state index in [1.807, 2.05) is 19.1 Å². The van der Waals surface area contributed by atoms with E-state index in [0.717, 1.165) is 23.8 Å². The molecule has 0 saturated heterocycles. The lowest BCUT2D eigenvalue weighted by atomic mass is 10.1. The highest BCUT2D eigenvalue weighted by atomic mass is 127. The summed E-state index contributed by atoms with van der Waals surface area (Å²) in [6.45, 7) is 3.19. The van der Waals surface area contributed by atoms with Gasteiger partial charge in [-0.3, -0.25) is 0 Å². The van der Waals surface area contributed by atoms with Gasteiger partial charge < -0.3 is 15.4 Å². The number of benzene rings is 2. The number of carbonyl (C=O) groups excluding carboxylic acids is 1. The number of guanidine groups is 1. The summed E-state index contributed by atoms with van der Waals surface area (Å²) in [7, 11) is 1.34. The molecule has 0 amide bonds. The Morgan fingerprint density at radius 2 is 1.82 bits per heavy atom. The van der Waals surface area contributed by atoms with Gasteiger partial charge in [-0.05, 0) is 49.2 Å². The first-order valence-electron chi connectivity index (χ1n) is 8.67. The quantitative estimate of drug-likeness (QED) is 0.262. The van der Waals surface area contributed by atoms with Crippen molar-refractivity contribution in [2.75, 3.05) is 20.2 Å². The van der Waals surface area contributed by atoms with Gasteiger partial charge in [0.15, 0.2) is 5.96 Å². The summed E-state index contributed by atoms with van der Waals surface area (Å²) < 4.78 is 31.6. The molecule has 2 rings (SSSR count). The maximum Gasteiger partial charge on any atom is 0.337 e. The molecular weight excluding hydrogens is 479 g/mol. The van der Waals surface area contributed by atoms with Crippen LogP contribution in [-0.4, -0.2) is 32.1 Å². The van der Waals surface area contributed by atoms with Gasteiger partial charge in [0.1, 0.15) is 11.6 Å². The Morgan fingerprint density at radius 3 is 2.46 bits per heavy atom. The monoisotopic (exact) mass is 503 g/mol. The van der Waals surface area contributed by atoms with Crippen LogP contribution in [0.4, 0.5) is 8.78 Å². The van der Waals surface area contributed by atoms with Crippen LogP contribution < -0.4 is 10.6 Å². The van der Waals surface area contributed by atoms with Crippen LogP contribution in [0.1, 0.15) is 28.4 Å². The van der Waals surface area contributed by atoms with Crippen molar-refractivity contribution in [1.82, 2.24) is 10.6 Å². The first-order chi connectivity index (χ1) is 13.0. The summed E-state index contributed by atoms with van der Waals surface area (Å²) in [5, 5.41) is 6.22. The van der Waals surface area contributed by atoms with Gasteiger partial charge in [-0.2, -0.15) is 0 Å². The predicted molar refractivity (Wildman–Crippen MR) is 116 cm³/mol. The summed E-state index contributed by atoms with van der Waals surface area (Å²) in [6.07, 6.45) is 0.709. The minimum Gasteiger partial charge on any atom is -0.465 e. The normalized spacial score (nSPS) is 10.8. The predicted octanol–water partition coefficient (Wildman–Crippen LogP) is 3.67. The molecule has 0 spiro atoms. The molecule has 0 aliphatic carbocycles. The van der Waals surface area contributed by atoms with E-state index >= 15 is 0 Å².